The topological polar surface area (TPSA) is 98.2 Å². The quantitative estimate of drug-likeness (QED) is 0.681. The summed E-state index contributed by atoms with van der Waals surface area (Å²) in [4.78, 5) is 22.9. The molecule has 0 spiro atoms. The maximum Gasteiger partial charge on any atom is 0.248 e. The van der Waals surface area contributed by atoms with E-state index in [1.165, 1.54) is 0 Å². The van der Waals surface area contributed by atoms with Gasteiger partial charge in [0.1, 0.15) is 0 Å². The molecule has 0 fully saturated rings. The van der Waals surface area contributed by atoms with E-state index in [4.69, 9.17) is 11.5 Å². The smallest absolute Gasteiger partial charge is 0.248 e. The summed E-state index contributed by atoms with van der Waals surface area (Å²) in [7, 11) is 0. The van der Waals surface area contributed by atoms with Crippen molar-refractivity contribution >= 4 is 17.5 Å². The normalized spacial score (nSPS) is 21.8. The third-order valence-corrected chi connectivity index (χ3v) is 2.87. The fourth-order valence-corrected chi connectivity index (χ4v) is 1.91. The fraction of sp³-hybridized carbons (Fsp3) is 0.231. The Bertz CT molecular complexity index is 511. The summed E-state index contributed by atoms with van der Waals surface area (Å²) in [6.45, 7) is 0. The lowest BCUT2D eigenvalue weighted by Crippen LogP contribution is -2.24. The van der Waals surface area contributed by atoms with Gasteiger partial charge in [-0.3, -0.25) is 9.59 Å². The Morgan fingerprint density at radius 3 is 2.67 bits per heavy atom. The third kappa shape index (κ3) is 2.75. The van der Waals surface area contributed by atoms with E-state index in [9.17, 15) is 9.59 Å². The number of hydrogen-bond acceptors (Lipinski definition) is 3. The predicted molar refractivity (Wildman–Crippen MR) is 68.8 cm³/mol. The highest BCUT2D eigenvalue weighted by molar-refractivity contribution is 5.97. The van der Waals surface area contributed by atoms with Crippen LogP contribution in [-0.4, -0.2) is 17.9 Å². The maximum atomic E-state index is 11.9. The molecule has 1 aromatic rings. The zero-order valence-electron chi connectivity index (χ0n) is 9.80. The molecule has 0 aromatic heterocycles. The number of benzene rings is 1. The Labute approximate surface area is 105 Å². The van der Waals surface area contributed by atoms with Gasteiger partial charge in [-0.2, -0.15) is 0 Å². The summed E-state index contributed by atoms with van der Waals surface area (Å²) in [5.74, 6) is -0.855. The number of nitrogens with two attached hydrogens (primary N) is 2. The van der Waals surface area contributed by atoms with Crippen LogP contribution < -0.4 is 16.8 Å². The fourth-order valence-electron chi connectivity index (χ4n) is 1.91. The summed E-state index contributed by atoms with van der Waals surface area (Å²) in [5, 5.41) is 2.75. The SMILES string of the molecule is NC(=O)c1cccc(NC(=O)C2C=CC(N)C2)c1. The number of carbonyl (C=O) groups excluding carboxylic acids is 2. The minimum Gasteiger partial charge on any atom is -0.366 e. The van der Waals surface area contributed by atoms with Gasteiger partial charge in [-0.25, -0.2) is 0 Å². The molecule has 2 amide bonds. The van der Waals surface area contributed by atoms with E-state index >= 15 is 0 Å². The molecule has 2 unspecified atom stereocenters. The molecule has 1 aliphatic carbocycles. The van der Waals surface area contributed by atoms with Crippen LogP contribution in [0.5, 0.6) is 0 Å². The monoisotopic (exact) mass is 245 g/mol. The second kappa shape index (κ2) is 5.01. The molecule has 0 radical (unpaired) electrons. The third-order valence-electron chi connectivity index (χ3n) is 2.87. The van der Waals surface area contributed by atoms with Gasteiger partial charge in [0.05, 0.1) is 5.92 Å². The Balaban J connectivity index is 2.05. The summed E-state index contributed by atoms with van der Waals surface area (Å²) >= 11 is 0. The Morgan fingerprint density at radius 2 is 2.06 bits per heavy atom. The Hall–Kier alpha value is -2.14. The molecular formula is C13H15N3O2. The van der Waals surface area contributed by atoms with E-state index in [1.807, 2.05) is 6.08 Å². The molecule has 2 atom stereocenters. The van der Waals surface area contributed by atoms with Crippen molar-refractivity contribution in [2.24, 2.45) is 17.4 Å². The molecule has 5 nitrogen and oxygen atoms in total. The molecule has 0 saturated carbocycles. The summed E-state index contributed by atoms with van der Waals surface area (Å²) in [5.41, 5.74) is 11.8. The number of amides is 2. The first kappa shape index (κ1) is 12.3. The molecule has 1 aromatic carbocycles. The van der Waals surface area contributed by atoms with Crippen molar-refractivity contribution in [1.82, 2.24) is 0 Å². The van der Waals surface area contributed by atoms with Gasteiger partial charge in [0, 0.05) is 17.3 Å². The van der Waals surface area contributed by atoms with Crippen LogP contribution in [-0.2, 0) is 4.79 Å². The van der Waals surface area contributed by atoms with Gasteiger partial charge >= 0.3 is 0 Å². The molecule has 2 rings (SSSR count). The number of hydrogen-bond donors (Lipinski definition) is 3. The summed E-state index contributed by atoms with van der Waals surface area (Å²) < 4.78 is 0. The second-order valence-electron chi connectivity index (χ2n) is 4.33. The summed E-state index contributed by atoms with van der Waals surface area (Å²) in [6, 6.07) is 6.48. The van der Waals surface area contributed by atoms with Crippen LogP contribution in [0.3, 0.4) is 0 Å². The van der Waals surface area contributed by atoms with Crippen molar-refractivity contribution < 1.29 is 9.59 Å². The lowest BCUT2D eigenvalue weighted by molar-refractivity contribution is -0.118. The van der Waals surface area contributed by atoms with Crippen LogP contribution in [0.25, 0.3) is 0 Å². The maximum absolute atomic E-state index is 11.9. The first-order valence-corrected chi connectivity index (χ1v) is 5.71. The van der Waals surface area contributed by atoms with Crippen LogP contribution >= 0.6 is 0 Å². The first-order valence-electron chi connectivity index (χ1n) is 5.71. The number of nitrogens with one attached hydrogen (secondary N) is 1. The zero-order chi connectivity index (χ0) is 13.1. The molecule has 5 heteroatoms. The van der Waals surface area contributed by atoms with Crippen molar-refractivity contribution in [1.29, 1.82) is 0 Å². The minimum absolute atomic E-state index is 0.0577. The van der Waals surface area contributed by atoms with Crippen molar-refractivity contribution in [3.8, 4) is 0 Å². The van der Waals surface area contributed by atoms with Crippen LogP contribution in [0.2, 0.25) is 0 Å². The van der Waals surface area contributed by atoms with E-state index < -0.39 is 5.91 Å². The average Bonchev–Trinajstić information content (AvgIpc) is 2.76. The van der Waals surface area contributed by atoms with Gasteiger partial charge in [0.15, 0.2) is 0 Å². The van der Waals surface area contributed by atoms with E-state index in [1.54, 1.807) is 30.3 Å². The molecule has 0 aliphatic heterocycles. The molecule has 0 bridgehead atoms. The molecule has 0 saturated heterocycles. The van der Waals surface area contributed by atoms with Crippen molar-refractivity contribution in [2.75, 3.05) is 5.32 Å². The summed E-state index contributed by atoms with van der Waals surface area (Å²) in [6.07, 6.45) is 4.24. The molecular weight excluding hydrogens is 230 g/mol. The number of rotatable bonds is 3. The van der Waals surface area contributed by atoms with Crippen LogP contribution in [0, 0.1) is 5.92 Å². The zero-order valence-corrected chi connectivity index (χ0v) is 9.80. The van der Waals surface area contributed by atoms with E-state index in [0.717, 1.165) is 0 Å². The first-order chi connectivity index (χ1) is 8.56. The van der Waals surface area contributed by atoms with Gasteiger partial charge in [-0.05, 0) is 24.6 Å². The van der Waals surface area contributed by atoms with Gasteiger partial charge in [0.25, 0.3) is 0 Å². The van der Waals surface area contributed by atoms with Gasteiger partial charge in [-0.15, -0.1) is 0 Å². The van der Waals surface area contributed by atoms with Crippen LogP contribution in [0.4, 0.5) is 5.69 Å². The van der Waals surface area contributed by atoms with E-state index in [0.29, 0.717) is 17.7 Å². The predicted octanol–water partition coefficient (Wildman–Crippen LogP) is 0.627. The molecule has 5 N–H and O–H groups in total. The average molecular weight is 245 g/mol. The van der Waals surface area contributed by atoms with Crippen molar-refractivity contribution in [2.45, 2.75) is 12.5 Å². The largest absolute Gasteiger partial charge is 0.366 e. The highest BCUT2D eigenvalue weighted by Crippen LogP contribution is 2.19. The van der Waals surface area contributed by atoms with E-state index in [-0.39, 0.29) is 17.9 Å². The number of primary amides is 1. The highest BCUT2D eigenvalue weighted by atomic mass is 16.2. The molecule has 94 valence electrons. The van der Waals surface area contributed by atoms with Crippen molar-refractivity contribution in [3.63, 3.8) is 0 Å². The number of anilines is 1. The number of carbonyl (C=O) groups is 2. The Morgan fingerprint density at radius 1 is 1.28 bits per heavy atom. The van der Waals surface area contributed by atoms with Gasteiger partial charge in [-0.1, -0.05) is 18.2 Å². The van der Waals surface area contributed by atoms with Gasteiger partial charge in [0.2, 0.25) is 11.8 Å². The van der Waals surface area contributed by atoms with Crippen molar-refractivity contribution in [3.05, 3.63) is 42.0 Å². The van der Waals surface area contributed by atoms with Crippen LogP contribution in [0.1, 0.15) is 16.8 Å². The van der Waals surface area contributed by atoms with Crippen LogP contribution in [0.15, 0.2) is 36.4 Å². The van der Waals surface area contributed by atoms with E-state index in [2.05, 4.69) is 5.32 Å². The standard InChI is InChI=1S/C13H15N3O2/c14-10-5-4-9(6-10)13(18)16-11-3-1-2-8(7-11)12(15)17/h1-5,7,9-10H,6,14H2,(H2,15,17)(H,16,18). The lowest BCUT2D eigenvalue weighted by atomic mass is 10.1. The molecule has 0 heterocycles. The highest BCUT2D eigenvalue weighted by Gasteiger charge is 2.22. The van der Waals surface area contributed by atoms with Gasteiger partial charge < -0.3 is 16.8 Å². The molecule has 18 heavy (non-hydrogen) atoms. The minimum atomic E-state index is -0.520. The lowest BCUT2D eigenvalue weighted by Gasteiger charge is -2.11. The Kier molecular flexibility index (Phi) is 3.43. The second-order valence-corrected chi connectivity index (χ2v) is 4.33. The molecule has 1 aliphatic rings.